The van der Waals surface area contributed by atoms with Crippen LogP contribution in [0, 0.1) is 0 Å². The highest BCUT2D eigenvalue weighted by molar-refractivity contribution is 5.96. The number of hydrogen-bond acceptors (Lipinski definition) is 4. The van der Waals surface area contributed by atoms with Gasteiger partial charge in [0.25, 0.3) is 0 Å². The minimum atomic E-state index is -0.727. The van der Waals surface area contributed by atoms with Gasteiger partial charge in [0.05, 0.1) is 6.26 Å². The Kier molecular flexibility index (Phi) is 5.19. The number of nitrogens with one attached hydrogen (secondary N) is 1. The molecular formula is C19H22N2O4. The monoisotopic (exact) mass is 342 g/mol. The van der Waals surface area contributed by atoms with Crippen molar-refractivity contribution in [3.63, 3.8) is 0 Å². The van der Waals surface area contributed by atoms with Gasteiger partial charge in [-0.2, -0.15) is 0 Å². The molecule has 1 aromatic heterocycles. The Morgan fingerprint density at radius 1 is 1.36 bits per heavy atom. The second-order valence-corrected chi connectivity index (χ2v) is 6.32. The van der Waals surface area contributed by atoms with Gasteiger partial charge in [-0.15, -0.1) is 0 Å². The molecule has 2 aromatic rings. The van der Waals surface area contributed by atoms with Crippen LogP contribution in [-0.2, 0) is 0 Å². The summed E-state index contributed by atoms with van der Waals surface area (Å²) in [6.45, 7) is 2.14. The molecule has 1 saturated heterocycles. The maximum absolute atomic E-state index is 12.6. The molecule has 2 amide bonds. The van der Waals surface area contributed by atoms with Gasteiger partial charge in [0, 0.05) is 30.3 Å². The third-order valence-electron chi connectivity index (χ3n) is 4.53. The molecule has 0 aliphatic carbocycles. The summed E-state index contributed by atoms with van der Waals surface area (Å²) in [5.74, 6) is 0.470. The van der Waals surface area contributed by atoms with Gasteiger partial charge < -0.3 is 19.7 Å². The first-order valence-corrected chi connectivity index (χ1v) is 8.44. The molecule has 3 rings (SSSR count). The first-order valence-electron chi connectivity index (χ1n) is 8.44. The summed E-state index contributed by atoms with van der Waals surface area (Å²) in [4.78, 5) is 25.8. The summed E-state index contributed by atoms with van der Waals surface area (Å²) in [5, 5.41) is 13.1. The molecule has 1 fully saturated rings. The van der Waals surface area contributed by atoms with Gasteiger partial charge in [-0.1, -0.05) is 12.1 Å². The van der Waals surface area contributed by atoms with Gasteiger partial charge in [0.2, 0.25) is 0 Å². The van der Waals surface area contributed by atoms with Crippen molar-refractivity contribution in [1.82, 2.24) is 4.90 Å². The Labute approximate surface area is 146 Å². The molecule has 0 saturated carbocycles. The predicted molar refractivity (Wildman–Crippen MR) is 93.5 cm³/mol. The summed E-state index contributed by atoms with van der Waals surface area (Å²) >= 11 is 0. The van der Waals surface area contributed by atoms with Crippen molar-refractivity contribution in [3.8, 4) is 0 Å². The number of nitrogens with zero attached hydrogens (tertiary/aromatic N) is 1. The Bertz CT molecular complexity index is 742. The van der Waals surface area contributed by atoms with Crippen molar-refractivity contribution in [2.24, 2.45) is 0 Å². The lowest BCUT2D eigenvalue weighted by Crippen LogP contribution is -2.39. The maximum atomic E-state index is 12.6. The zero-order valence-electron chi connectivity index (χ0n) is 14.1. The van der Waals surface area contributed by atoms with E-state index in [0.29, 0.717) is 30.0 Å². The smallest absolute Gasteiger partial charge is 0.322 e. The number of ketones is 1. The molecule has 0 bridgehead atoms. The van der Waals surface area contributed by atoms with Crippen LogP contribution in [-0.4, -0.2) is 34.4 Å². The van der Waals surface area contributed by atoms with Gasteiger partial charge in [0.15, 0.2) is 5.78 Å². The highest BCUT2D eigenvalue weighted by Crippen LogP contribution is 2.28. The minimum Gasteiger partial charge on any atom is -0.467 e. The number of rotatable bonds is 5. The largest absolute Gasteiger partial charge is 0.467 e. The van der Waals surface area contributed by atoms with Crippen LogP contribution in [0.1, 0.15) is 48.4 Å². The SMILES string of the molecule is CC(=O)c1cccc(NC(=O)N2CCC[C@H]2C[C@@H](O)c2ccco2)c1. The number of anilines is 1. The Balaban J connectivity index is 1.64. The molecule has 2 N–H and O–H groups in total. The number of hydrogen-bond donors (Lipinski definition) is 2. The number of furan rings is 1. The number of aliphatic hydroxyl groups excluding tert-OH is 1. The van der Waals surface area contributed by atoms with Crippen LogP contribution < -0.4 is 5.32 Å². The average Bonchev–Trinajstić information content (AvgIpc) is 3.26. The lowest BCUT2D eigenvalue weighted by atomic mass is 10.1. The van der Waals surface area contributed by atoms with E-state index in [0.717, 1.165) is 12.8 Å². The number of carbonyl (C=O) groups is 2. The molecule has 0 unspecified atom stereocenters. The molecule has 1 aliphatic rings. The van der Waals surface area contributed by atoms with E-state index in [1.165, 1.54) is 13.2 Å². The lowest BCUT2D eigenvalue weighted by molar-refractivity contribution is 0.101. The van der Waals surface area contributed by atoms with Gasteiger partial charge in [-0.25, -0.2) is 4.79 Å². The third-order valence-corrected chi connectivity index (χ3v) is 4.53. The minimum absolute atomic E-state index is 0.0447. The molecule has 0 radical (unpaired) electrons. The highest BCUT2D eigenvalue weighted by atomic mass is 16.4. The number of likely N-dealkylation sites (tertiary alicyclic amines) is 1. The molecule has 1 aliphatic heterocycles. The van der Waals surface area contributed by atoms with Gasteiger partial charge in [0.1, 0.15) is 11.9 Å². The quantitative estimate of drug-likeness (QED) is 0.813. The molecule has 1 aromatic carbocycles. The van der Waals surface area contributed by atoms with Crippen molar-refractivity contribution < 1.29 is 19.1 Å². The van der Waals surface area contributed by atoms with Crippen LogP contribution in [0.15, 0.2) is 47.1 Å². The van der Waals surface area contributed by atoms with Crippen molar-refractivity contribution in [2.45, 2.75) is 38.3 Å². The van der Waals surface area contributed by atoms with E-state index in [2.05, 4.69) is 5.32 Å². The van der Waals surface area contributed by atoms with E-state index in [1.54, 1.807) is 41.3 Å². The van der Waals surface area contributed by atoms with Crippen molar-refractivity contribution >= 4 is 17.5 Å². The van der Waals surface area contributed by atoms with E-state index in [1.807, 2.05) is 0 Å². The molecule has 132 valence electrons. The topological polar surface area (TPSA) is 82.8 Å². The van der Waals surface area contributed by atoms with Crippen LogP contribution >= 0.6 is 0 Å². The van der Waals surface area contributed by atoms with Crippen LogP contribution in [0.4, 0.5) is 10.5 Å². The van der Waals surface area contributed by atoms with Gasteiger partial charge in [-0.3, -0.25) is 4.79 Å². The fourth-order valence-electron chi connectivity index (χ4n) is 3.21. The van der Waals surface area contributed by atoms with Crippen LogP contribution in [0.25, 0.3) is 0 Å². The number of Topliss-reactive ketones (excluding diaryl/α,β-unsaturated/α-hetero) is 1. The molecule has 6 nitrogen and oxygen atoms in total. The van der Waals surface area contributed by atoms with Crippen LogP contribution in [0.3, 0.4) is 0 Å². The average molecular weight is 342 g/mol. The summed E-state index contributed by atoms with van der Waals surface area (Å²) in [6.07, 6.45) is 2.98. The summed E-state index contributed by atoms with van der Waals surface area (Å²) in [7, 11) is 0. The van der Waals surface area contributed by atoms with Crippen LogP contribution in [0.2, 0.25) is 0 Å². The zero-order chi connectivity index (χ0) is 17.8. The van der Waals surface area contributed by atoms with E-state index in [-0.39, 0.29) is 17.9 Å². The normalized spacial score (nSPS) is 18.2. The molecule has 6 heteroatoms. The molecule has 25 heavy (non-hydrogen) atoms. The summed E-state index contributed by atoms with van der Waals surface area (Å²) in [5.41, 5.74) is 1.15. The van der Waals surface area contributed by atoms with E-state index >= 15 is 0 Å². The van der Waals surface area contributed by atoms with Crippen molar-refractivity contribution in [1.29, 1.82) is 0 Å². The highest BCUT2D eigenvalue weighted by Gasteiger charge is 2.31. The number of benzene rings is 1. The first kappa shape index (κ1) is 17.2. The van der Waals surface area contributed by atoms with E-state index in [9.17, 15) is 14.7 Å². The zero-order valence-corrected chi connectivity index (χ0v) is 14.1. The predicted octanol–water partition coefficient (Wildman–Crippen LogP) is 3.60. The van der Waals surface area contributed by atoms with Crippen molar-refractivity contribution in [2.75, 3.05) is 11.9 Å². The van der Waals surface area contributed by atoms with Gasteiger partial charge in [-0.05, 0) is 44.0 Å². The molecule has 2 atom stereocenters. The fourth-order valence-corrected chi connectivity index (χ4v) is 3.21. The lowest BCUT2D eigenvalue weighted by Gasteiger charge is -2.26. The number of carbonyl (C=O) groups excluding carboxylic acids is 2. The number of aliphatic hydroxyl groups is 1. The Hall–Kier alpha value is -2.60. The van der Waals surface area contributed by atoms with E-state index in [4.69, 9.17) is 4.42 Å². The second-order valence-electron chi connectivity index (χ2n) is 6.32. The first-order chi connectivity index (χ1) is 12.0. The van der Waals surface area contributed by atoms with Crippen LogP contribution in [0.5, 0.6) is 0 Å². The molecular weight excluding hydrogens is 320 g/mol. The van der Waals surface area contributed by atoms with E-state index < -0.39 is 6.10 Å². The number of amides is 2. The molecule has 2 heterocycles. The summed E-state index contributed by atoms with van der Waals surface area (Å²) < 4.78 is 5.23. The fraction of sp³-hybridized carbons (Fsp3) is 0.368. The Morgan fingerprint density at radius 3 is 2.92 bits per heavy atom. The number of urea groups is 1. The van der Waals surface area contributed by atoms with Crippen molar-refractivity contribution in [3.05, 3.63) is 54.0 Å². The summed E-state index contributed by atoms with van der Waals surface area (Å²) in [6, 6.07) is 10.1. The maximum Gasteiger partial charge on any atom is 0.322 e. The third kappa shape index (κ3) is 4.09. The Morgan fingerprint density at radius 2 is 2.20 bits per heavy atom. The standard InChI is InChI=1S/C19H22N2O4/c1-13(22)14-5-2-6-15(11-14)20-19(24)21-9-3-7-16(21)12-17(23)18-8-4-10-25-18/h2,4-6,8,10-11,16-17,23H,3,7,9,12H2,1H3,(H,20,24)/t16-,17+/m0/s1. The second kappa shape index (κ2) is 7.53. The van der Waals surface area contributed by atoms with Gasteiger partial charge >= 0.3 is 6.03 Å². The molecule has 0 spiro atoms.